The standard InChI is InChI=1S/C16H13F2N3O2S/c17-11-6-10(7-12(18)8-11)14(22)9-24-15-19-16(23)21(20-15)13-4-2-1-3-5-13/h1-8,14,22H,9H2,(H,19,20,23). The van der Waals surface area contributed by atoms with Crippen LogP contribution in [0.15, 0.2) is 58.5 Å². The van der Waals surface area contributed by atoms with Gasteiger partial charge in [0.1, 0.15) is 11.6 Å². The molecule has 1 aromatic heterocycles. The van der Waals surface area contributed by atoms with E-state index in [1.54, 1.807) is 24.3 Å². The Morgan fingerprint density at radius 1 is 1.17 bits per heavy atom. The van der Waals surface area contributed by atoms with Crippen LogP contribution in [0.25, 0.3) is 5.69 Å². The summed E-state index contributed by atoms with van der Waals surface area (Å²) >= 11 is 1.08. The molecule has 1 heterocycles. The monoisotopic (exact) mass is 349 g/mol. The van der Waals surface area contributed by atoms with Crippen molar-refractivity contribution in [2.45, 2.75) is 11.3 Å². The summed E-state index contributed by atoms with van der Waals surface area (Å²) in [5.74, 6) is -1.42. The van der Waals surface area contributed by atoms with Crippen LogP contribution in [0.4, 0.5) is 8.78 Å². The largest absolute Gasteiger partial charge is 0.388 e. The zero-order valence-electron chi connectivity index (χ0n) is 12.3. The van der Waals surface area contributed by atoms with Gasteiger partial charge in [0.25, 0.3) is 0 Å². The van der Waals surface area contributed by atoms with Crippen molar-refractivity contribution in [3.05, 3.63) is 76.2 Å². The van der Waals surface area contributed by atoms with Crippen molar-refractivity contribution in [2.24, 2.45) is 0 Å². The summed E-state index contributed by atoms with van der Waals surface area (Å²) in [6.45, 7) is 0. The smallest absolute Gasteiger partial charge is 0.348 e. The van der Waals surface area contributed by atoms with Crippen molar-refractivity contribution in [1.29, 1.82) is 0 Å². The molecule has 24 heavy (non-hydrogen) atoms. The maximum atomic E-state index is 13.2. The molecule has 1 unspecified atom stereocenters. The van der Waals surface area contributed by atoms with Gasteiger partial charge in [0, 0.05) is 11.8 Å². The Labute approximate surface area is 140 Å². The predicted octanol–water partition coefficient (Wildman–Crippen LogP) is 2.66. The van der Waals surface area contributed by atoms with E-state index in [-0.39, 0.29) is 11.3 Å². The Hall–Kier alpha value is -2.45. The van der Waals surface area contributed by atoms with Crippen molar-refractivity contribution < 1.29 is 13.9 Å². The molecule has 0 saturated carbocycles. The summed E-state index contributed by atoms with van der Waals surface area (Å²) in [4.78, 5) is 14.5. The minimum absolute atomic E-state index is 0.0879. The average Bonchev–Trinajstić information content (AvgIpc) is 2.93. The summed E-state index contributed by atoms with van der Waals surface area (Å²) in [6, 6.07) is 11.7. The summed E-state index contributed by atoms with van der Waals surface area (Å²) in [6.07, 6.45) is -1.09. The molecule has 0 aliphatic heterocycles. The Morgan fingerprint density at radius 2 is 1.83 bits per heavy atom. The van der Waals surface area contributed by atoms with Gasteiger partial charge in [-0.2, -0.15) is 4.68 Å². The van der Waals surface area contributed by atoms with E-state index in [4.69, 9.17) is 0 Å². The first-order chi connectivity index (χ1) is 11.5. The van der Waals surface area contributed by atoms with Crippen LogP contribution in [0, 0.1) is 11.6 Å². The number of benzene rings is 2. The first-order valence-electron chi connectivity index (χ1n) is 7.04. The average molecular weight is 349 g/mol. The second-order valence-electron chi connectivity index (χ2n) is 5.01. The lowest BCUT2D eigenvalue weighted by molar-refractivity contribution is 0.203. The molecular weight excluding hydrogens is 336 g/mol. The number of hydrogen-bond donors (Lipinski definition) is 2. The maximum Gasteiger partial charge on any atom is 0.348 e. The third-order valence-electron chi connectivity index (χ3n) is 3.25. The van der Waals surface area contributed by atoms with Gasteiger partial charge in [0.05, 0.1) is 11.8 Å². The normalized spacial score (nSPS) is 12.3. The molecule has 124 valence electrons. The van der Waals surface area contributed by atoms with Gasteiger partial charge >= 0.3 is 5.69 Å². The fourth-order valence-corrected chi connectivity index (χ4v) is 2.94. The van der Waals surface area contributed by atoms with Crippen LogP contribution in [-0.2, 0) is 0 Å². The number of hydrogen-bond acceptors (Lipinski definition) is 4. The lowest BCUT2D eigenvalue weighted by Crippen LogP contribution is -2.15. The number of para-hydroxylation sites is 1. The highest BCUT2D eigenvalue weighted by molar-refractivity contribution is 7.99. The molecule has 8 heteroatoms. The second kappa shape index (κ2) is 6.98. The topological polar surface area (TPSA) is 70.9 Å². The minimum Gasteiger partial charge on any atom is -0.388 e. The van der Waals surface area contributed by atoms with Gasteiger partial charge in [-0.15, -0.1) is 5.10 Å². The number of rotatable bonds is 5. The maximum absolute atomic E-state index is 13.2. The number of aliphatic hydroxyl groups excluding tert-OH is 1. The highest BCUT2D eigenvalue weighted by Gasteiger charge is 2.14. The van der Waals surface area contributed by atoms with Gasteiger partial charge in [-0.25, -0.2) is 13.6 Å². The van der Waals surface area contributed by atoms with Gasteiger partial charge in [-0.3, -0.25) is 4.98 Å². The van der Waals surface area contributed by atoms with Crippen LogP contribution >= 0.6 is 11.8 Å². The van der Waals surface area contributed by atoms with Crippen LogP contribution in [0.5, 0.6) is 0 Å². The molecule has 0 spiro atoms. The van der Waals surface area contributed by atoms with Gasteiger partial charge in [-0.05, 0) is 29.8 Å². The van der Waals surface area contributed by atoms with Crippen LogP contribution < -0.4 is 5.69 Å². The first-order valence-corrected chi connectivity index (χ1v) is 8.03. The number of aromatic amines is 1. The van der Waals surface area contributed by atoms with E-state index < -0.39 is 23.4 Å². The number of halogens is 2. The quantitative estimate of drug-likeness (QED) is 0.695. The second-order valence-corrected chi connectivity index (χ2v) is 6.02. The van der Waals surface area contributed by atoms with Crippen molar-refractivity contribution >= 4 is 11.8 Å². The van der Waals surface area contributed by atoms with Crippen LogP contribution in [0.2, 0.25) is 0 Å². The van der Waals surface area contributed by atoms with Crippen molar-refractivity contribution in [2.75, 3.05) is 5.75 Å². The molecule has 1 atom stereocenters. The van der Waals surface area contributed by atoms with E-state index in [1.807, 2.05) is 6.07 Å². The Morgan fingerprint density at radius 3 is 2.50 bits per heavy atom. The molecule has 0 radical (unpaired) electrons. The van der Waals surface area contributed by atoms with Gasteiger partial charge in [0.15, 0.2) is 5.16 Å². The van der Waals surface area contributed by atoms with Crippen LogP contribution in [-0.4, -0.2) is 25.6 Å². The van der Waals surface area contributed by atoms with Crippen molar-refractivity contribution in [3.8, 4) is 5.69 Å². The van der Waals surface area contributed by atoms with Crippen LogP contribution in [0.3, 0.4) is 0 Å². The molecule has 0 amide bonds. The SMILES string of the molecule is O=c1[nH]c(SCC(O)c2cc(F)cc(F)c2)nn1-c1ccccc1. The van der Waals surface area contributed by atoms with E-state index in [1.165, 1.54) is 4.68 Å². The summed E-state index contributed by atoms with van der Waals surface area (Å²) < 4.78 is 27.6. The lowest BCUT2D eigenvalue weighted by atomic mass is 10.1. The van der Waals surface area contributed by atoms with E-state index in [0.29, 0.717) is 10.8 Å². The molecule has 3 rings (SSSR count). The molecule has 5 nitrogen and oxygen atoms in total. The van der Waals surface area contributed by atoms with Crippen molar-refractivity contribution in [1.82, 2.24) is 14.8 Å². The molecule has 0 bridgehead atoms. The number of nitrogens with zero attached hydrogens (tertiary/aromatic N) is 2. The van der Waals surface area contributed by atoms with E-state index in [0.717, 1.165) is 30.0 Å². The number of aromatic nitrogens is 3. The van der Waals surface area contributed by atoms with Gasteiger partial charge in [-0.1, -0.05) is 30.0 Å². The molecule has 0 aliphatic rings. The van der Waals surface area contributed by atoms with Crippen LogP contribution in [0.1, 0.15) is 11.7 Å². The minimum atomic E-state index is -1.09. The summed E-state index contributed by atoms with van der Waals surface area (Å²) in [7, 11) is 0. The number of thioether (sulfide) groups is 1. The molecule has 2 N–H and O–H groups in total. The highest BCUT2D eigenvalue weighted by Crippen LogP contribution is 2.23. The third-order valence-corrected chi connectivity index (χ3v) is 4.18. The molecule has 2 aromatic carbocycles. The summed E-state index contributed by atoms with van der Waals surface area (Å²) in [5, 5.41) is 14.5. The molecule has 0 fully saturated rings. The van der Waals surface area contributed by atoms with Crippen molar-refractivity contribution in [3.63, 3.8) is 0 Å². The molecule has 0 aliphatic carbocycles. The molecular formula is C16H13F2N3O2S. The third kappa shape index (κ3) is 3.72. The number of H-pyrrole nitrogens is 1. The predicted molar refractivity (Wildman–Crippen MR) is 86.2 cm³/mol. The zero-order chi connectivity index (χ0) is 17.1. The molecule has 0 saturated heterocycles. The van der Waals surface area contributed by atoms with E-state index in [2.05, 4.69) is 10.1 Å². The number of aliphatic hydroxyl groups is 1. The Balaban J connectivity index is 1.72. The summed E-state index contributed by atoms with van der Waals surface area (Å²) in [5.41, 5.74) is 0.332. The lowest BCUT2D eigenvalue weighted by Gasteiger charge is -2.09. The number of nitrogens with one attached hydrogen (secondary N) is 1. The molecule has 3 aromatic rings. The Kier molecular flexibility index (Phi) is 4.77. The first kappa shape index (κ1) is 16.4. The van der Waals surface area contributed by atoms with Gasteiger partial charge < -0.3 is 5.11 Å². The fourth-order valence-electron chi connectivity index (χ4n) is 2.14. The van der Waals surface area contributed by atoms with E-state index >= 15 is 0 Å². The zero-order valence-corrected chi connectivity index (χ0v) is 13.1. The Bertz CT molecular complexity index is 876. The van der Waals surface area contributed by atoms with E-state index in [9.17, 15) is 18.7 Å². The van der Waals surface area contributed by atoms with Gasteiger partial charge in [0.2, 0.25) is 0 Å². The fraction of sp³-hybridized carbons (Fsp3) is 0.125. The highest BCUT2D eigenvalue weighted by atomic mass is 32.2.